The molecule has 0 aliphatic heterocycles. The van der Waals surface area contributed by atoms with Gasteiger partial charge in [0, 0.05) is 17.1 Å². The van der Waals surface area contributed by atoms with Gasteiger partial charge in [0.25, 0.3) is 5.56 Å². The van der Waals surface area contributed by atoms with Crippen molar-refractivity contribution in [3.63, 3.8) is 0 Å². The van der Waals surface area contributed by atoms with Crippen LogP contribution in [0.15, 0.2) is 77.7 Å². The molecule has 0 saturated heterocycles. The molecule has 8 heteroatoms. The first-order valence-corrected chi connectivity index (χ1v) is 8.86. The van der Waals surface area contributed by atoms with Gasteiger partial charge < -0.3 is 10.4 Å². The number of anilines is 2. The van der Waals surface area contributed by atoms with Gasteiger partial charge >= 0.3 is 0 Å². The Labute approximate surface area is 164 Å². The average Bonchev–Trinajstić information content (AvgIpc) is 3.09. The second kappa shape index (κ2) is 6.68. The van der Waals surface area contributed by atoms with Crippen molar-refractivity contribution >= 4 is 28.2 Å². The van der Waals surface area contributed by atoms with E-state index in [1.165, 1.54) is 6.20 Å². The monoisotopic (exact) mass is 382 g/mol. The second-order valence-electron chi connectivity index (χ2n) is 6.35. The first-order chi connectivity index (χ1) is 14.2. The highest BCUT2D eigenvalue weighted by molar-refractivity contribution is 5.93. The van der Waals surface area contributed by atoms with Crippen molar-refractivity contribution in [2.75, 3.05) is 5.32 Å². The normalized spacial score (nSPS) is 11.0. The molecule has 0 aliphatic rings. The number of nitrogens with zero attached hydrogens (tertiary/aromatic N) is 5. The Morgan fingerprint density at radius 1 is 0.931 bits per heavy atom. The number of aromatic hydroxyl groups is 1. The fourth-order valence-corrected chi connectivity index (χ4v) is 3.07. The lowest BCUT2D eigenvalue weighted by molar-refractivity contribution is 0.475. The molecule has 0 fully saturated rings. The van der Waals surface area contributed by atoms with Gasteiger partial charge in [-0.25, -0.2) is 15.0 Å². The highest BCUT2D eigenvalue weighted by atomic mass is 16.3. The van der Waals surface area contributed by atoms with Crippen LogP contribution in [0, 0.1) is 0 Å². The minimum absolute atomic E-state index is 0.126. The van der Waals surface area contributed by atoms with E-state index in [-0.39, 0.29) is 11.4 Å². The molecule has 0 radical (unpaired) electrons. The lowest BCUT2D eigenvalue weighted by Gasteiger charge is -2.07. The third kappa shape index (κ3) is 3.02. The maximum Gasteiger partial charge on any atom is 0.293 e. The fourth-order valence-electron chi connectivity index (χ4n) is 3.07. The van der Waals surface area contributed by atoms with E-state index in [4.69, 9.17) is 0 Å². The van der Waals surface area contributed by atoms with E-state index < -0.39 is 5.56 Å². The Morgan fingerprint density at radius 2 is 1.79 bits per heavy atom. The molecule has 0 spiro atoms. The van der Waals surface area contributed by atoms with Gasteiger partial charge in [-0.15, -0.1) is 5.10 Å². The topological polar surface area (TPSA) is 105 Å². The van der Waals surface area contributed by atoms with Crippen molar-refractivity contribution < 1.29 is 5.11 Å². The molecule has 0 saturated carbocycles. The Bertz CT molecular complexity index is 1430. The van der Waals surface area contributed by atoms with E-state index in [1.807, 2.05) is 30.3 Å². The molecule has 5 aromatic rings. The number of hydrogen-bond acceptors (Lipinski definition) is 7. The lowest BCUT2D eigenvalue weighted by atomic mass is 10.2. The Kier molecular flexibility index (Phi) is 3.87. The van der Waals surface area contributed by atoms with Gasteiger partial charge in [-0.05, 0) is 36.4 Å². The predicted octanol–water partition coefficient (Wildman–Crippen LogP) is 3.15. The van der Waals surface area contributed by atoms with Crippen LogP contribution < -0.4 is 10.9 Å². The van der Waals surface area contributed by atoms with Crippen LogP contribution in [0.3, 0.4) is 0 Å². The minimum Gasteiger partial charge on any atom is -0.508 e. The number of fused-ring (bicyclic) bond motifs is 3. The Hall–Kier alpha value is -4.33. The van der Waals surface area contributed by atoms with Crippen molar-refractivity contribution in [3.05, 3.63) is 83.3 Å². The van der Waals surface area contributed by atoms with Crippen molar-refractivity contribution in [1.29, 1.82) is 0 Å². The zero-order chi connectivity index (χ0) is 19.8. The van der Waals surface area contributed by atoms with Gasteiger partial charge in [0.2, 0.25) is 5.95 Å². The summed E-state index contributed by atoms with van der Waals surface area (Å²) in [5, 5.41) is 18.2. The van der Waals surface area contributed by atoms with Crippen LogP contribution in [-0.2, 0) is 0 Å². The van der Waals surface area contributed by atoms with Crippen LogP contribution in [0.2, 0.25) is 0 Å². The Balaban J connectivity index is 1.76. The molecule has 3 heterocycles. The van der Waals surface area contributed by atoms with E-state index in [0.717, 1.165) is 5.39 Å². The van der Waals surface area contributed by atoms with Crippen LogP contribution >= 0.6 is 0 Å². The zero-order valence-electron chi connectivity index (χ0n) is 15.0. The molecule has 5 rings (SSSR count). The molecule has 2 N–H and O–H groups in total. The van der Waals surface area contributed by atoms with E-state index in [2.05, 4.69) is 25.4 Å². The molecule has 3 aromatic heterocycles. The summed E-state index contributed by atoms with van der Waals surface area (Å²) in [5.41, 5.74) is 1.82. The van der Waals surface area contributed by atoms with Crippen LogP contribution in [0.4, 0.5) is 11.6 Å². The highest BCUT2D eigenvalue weighted by Gasteiger charge is 2.15. The SMILES string of the molecule is O=c1nccccc1Nc1nc2ccccc2c2nc(-c3cccc(O)c3)nn12. The molecular formula is C21H14N6O2. The number of nitrogens with one attached hydrogen (secondary N) is 1. The third-order valence-electron chi connectivity index (χ3n) is 4.41. The van der Waals surface area contributed by atoms with Gasteiger partial charge in [0.05, 0.1) is 5.52 Å². The standard InChI is InChI=1S/C21H14N6O2/c28-14-7-5-6-13(12-14)18-25-19-15-8-1-2-9-16(15)23-21(27(19)26-18)24-17-10-3-4-11-22-20(17)29/h1-12,28H,(H,22,23,24,29). The maximum atomic E-state index is 12.2. The van der Waals surface area contributed by atoms with Crippen molar-refractivity contribution in [2.45, 2.75) is 0 Å². The van der Waals surface area contributed by atoms with Crippen LogP contribution in [0.5, 0.6) is 5.75 Å². The van der Waals surface area contributed by atoms with Crippen LogP contribution in [-0.4, -0.2) is 29.7 Å². The van der Waals surface area contributed by atoms with Gasteiger partial charge in [0.1, 0.15) is 11.4 Å². The summed E-state index contributed by atoms with van der Waals surface area (Å²) >= 11 is 0. The van der Waals surface area contributed by atoms with E-state index >= 15 is 0 Å². The number of para-hydroxylation sites is 1. The van der Waals surface area contributed by atoms with E-state index in [0.29, 0.717) is 28.5 Å². The van der Waals surface area contributed by atoms with E-state index in [1.54, 1.807) is 40.9 Å². The molecule has 2 aromatic carbocycles. The maximum absolute atomic E-state index is 12.2. The molecule has 0 atom stereocenters. The Morgan fingerprint density at radius 3 is 2.69 bits per heavy atom. The molecule has 0 amide bonds. The fraction of sp³-hybridized carbons (Fsp3) is 0. The summed E-state index contributed by atoms with van der Waals surface area (Å²) in [4.78, 5) is 25.3. The quantitative estimate of drug-likeness (QED) is 0.494. The molecule has 140 valence electrons. The summed E-state index contributed by atoms with van der Waals surface area (Å²) in [7, 11) is 0. The van der Waals surface area contributed by atoms with Crippen LogP contribution in [0.1, 0.15) is 0 Å². The number of phenolic OH excluding ortho intramolecular Hbond substituents is 1. The minimum atomic E-state index is -0.411. The van der Waals surface area contributed by atoms with E-state index in [9.17, 15) is 9.90 Å². The first kappa shape index (κ1) is 16.8. The summed E-state index contributed by atoms with van der Waals surface area (Å²) in [6, 6.07) is 19.3. The van der Waals surface area contributed by atoms with Gasteiger partial charge in [-0.2, -0.15) is 4.52 Å². The largest absolute Gasteiger partial charge is 0.508 e. The third-order valence-corrected chi connectivity index (χ3v) is 4.41. The summed E-state index contributed by atoms with van der Waals surface area (Å²) in [5.74, 6) is 0.894. The lowest BCUT2D eigenvalue weighted by Crippen LogP contribution is -2.11. The number of aromatic nitrogens is 5. The summed E-state index contributed by atoms with van der Waals surface area (Å²) < 4.78 is 1.55. The van der Waals surface area contributed by atoms with Gasteiger partial charge in [0.15, 0.2) is 11.5 Å². The summed E-state index contributed by atoms with van der Waals surface area (Å²) in [6.07, 6.45) is 1.44. The number of phenols is 1. The number of benzene rings is 2. The average molecular weight is 382 g/mol. The zero-order valence-corrected chi connectivity index (χ0v) is 15.0. The molecule has 0 bridgehead atoms. The number of hydrogen-bond donors (Lipinski definition) is 2. The molecule has 29 heavy (non-hydrogen) atoms. The van der Waals surface area contributed by atoms with Gasteiger partial charge in [-0.1, -0.05) is 30.3 Å². The van der Waals surface area contributed by atoms with Crippen LogP contribution in [0.25, 0.3) is 27.9 Å². The van der Waals surface area contributed by atoms with Crippen molar-refractivity contribution in [1.82, 2.24) is 24.6 Å². The number of rotatable bonds is 3. The molecule has 0 aliphatic carbocycles. The molecule has 0 unspecified atom stereocenters. The van der Waals surface area contributed by atoms with Crippen molar-refractivity contribution in [3.8, 4) is 17.1 Å². The second-order valence-corrected chi connectivity index (χ2v) is 6.35. The van der Waals surface area contributed by atoms with Gasteiger partial charge in [-0.3, -0.25) is 4.79 Å². The molecular weight excluding hydrogens is 368 g/mol. The summed E-state index contributed by atoms with van der Waals surface area (Å²) in [6.45, 7) is 0. The molecule has 8 nitrogen and oxygen atoms in total. The smallest absolute Gasteiger partial charge is 0.293 e. The predicted molar refractivity (Wildman–Crippen MR) is 109 cm³/mol. The first-order valence-electron chi connectivity index (χ1n) is 8.86. The highest BCUT2D eigenvalue weighted by Crippen LogP contribution is 2.26. The van der Waals surface area contributed by atoms with Crippen molar-refractivity contribution in [2.24, 2.45) is 0 Å².